The SMILES string of the molecule is c1ccc(-c2ccc3c(ccc4c5ccccc5nc(-c5ccc(-c6ccc7cc(-c8nc(-c9ccccc9)nc(-c9ccccc9)n8)ccc7c6)cc5)c34)n2)cc1. The minimum Gasteiger partial charge on any atom is -0.248 e. The van der Waals surface area contributed by atoms with Gasteiger partial charge in [-0.1, -0.05) is 164 Å². The Kier molecular flexibility index (Phi) is 8.07. The summed E-state index contributed by atoms with van der Waals surface area (Å²) < 4.78 is 0. The molecule has 11 aromatic rings. The van der Waals surface area contributed by atoms with Gasteiger partial charge < -0.3 is 0 Å². The third-order valence-electron chi connectivity index (χ3n) is 10.9. The number of hydrogen-bond acceptors (Lipinski definition) is 5. The topological polar surface area (TPSA) is 64.5 Å². The highest BCUT2D eigenvalue weighted by Gasteiger charge is 2.16. The van der Waals surface area contributed by atoms with Crippen LogP contribution in [0.3, 0.4) is 0 Å². The molecule has 5 heteroatoms. The molecule has 0 N–H and O–H groups in total. The third-order valence-corrected chi connectivity index (χ3v) is 10.9. The van der Waals surface area contributed by atoms with E-state index < -0.39 is 0 Å². The molecule has 3 aromatic heterocycles. The number of fused-ring (bicyclic) bond motifs is 6. The van der Waals surface area contributed by atoms with E-state index in [1.165, 1.54) is 5.39 Å². The number of pyridine rings is 2. The lowest BCUT2D eigenvalue weighted by Gasteiger charge is -2.14. The smallest absolute Gasteiger partial charge is 0.164 e. The molecule has 0 aliphatic carbocycles. The van der Waals surface area contributed by atoms with E-state index in [1.54, 1.807) is 0 Å². The fraction of sp³-hybridized carbons (Fsp3) is 0. The third kappa shape index (κ3) is 6.03. The molecule has 0 radical (unpaired) electrons. The highest BCUT2D eigenvalue weighted by Crippen LogP contribution is 2.38. The second-order valence-corrected chi connectivity index (χ2v) is 14.5. The van der Waals surface area contributed by atoms with Gasteiger partial charge in [-0.2, -0.15) is 0 Å². The molecule has 0 fully saturated rings. The molecule has 3 heterocycles. The Balaban J connectivity index is 0.960. The van der Waals surface area contributed by atoms with Crippen LogP contribution in [0.1, 0.15) is 0 Å². The Hall–Kier alpha value is -7.89. The Morgan fingerprint density at radius 3 is 1.43 bits per heavy atom. The van der Waals surface area contributed by atoms with Crippen molar-refractivity contribution >= 4 is 43.4 Å². The molecule has 270 valence electrons. The van der Waals surface area contributed by atoms with Crippen molar-refractivity contribution in [3.63, 3.8) is 0 Å². The summed E-state index contributed by atoms with van der Waals surface area (Å²) in [7, 11) is 0. The van der Waals surface area contributed by atoms with Gasteiger partial charge >= 0.3 is 0 Å². The molecule has 58 heavy (non-hydrogen) atoms. The summed E-state index contributed by atoms with van der Waals surface area (Å²) in [5.74, 6) is 1.94. The highest BCUT2D eigenvalue weighted by molar-refractivity contribution is 6.20. The zero-order valence-electron chi connectivity index (χ0n) is 31.3. The van der Waals surface area contributed by atoms with Crippen molar-refractivity contribution in [3.05, 3.63) is 200 Å². The van der Waals surface area contributed by atoms with Gasteiger partial charge in [-0.3, -0.25) is 0 Å². The van der Waals surface area contributed by atoms with Gasteiger partial charge in [0.15, 0.2) is 17.5 Å². The first-order chi connectivity index (χ1) is 28.7. The minimum absolute atomic E-state index is 0.643. The Bertz CT molecular complexity index is 3250. The van der Waals surface area contributed by atoms with Crippen LogP contribution in [0, 0.1) is 0 Å². The molecule has 11 rings (SSSR count). The Morgan fingerprint density at radius 1 is 0.259 bits per heavy atom. The van der Waals surface area contributed by atoms with Crippen LogP contribution in [-0.2, 0) is 0 Å². The van der Waals surface area contributed by atoms with Crippen LogP contribution < -0.4 is 0 Å². The van der Waals surface area contributed by atoms with Gasteiger partial charge in [-0.25, -0.2) is 24.9 Å². The standard InChI is InChI=1S/C53H33N5/c1-4-12-35(13-5-1)46-30-29-45-48(54-46)31-28-44-43-18-10-11-19-47(43)55-50(49(44)45)36-22-20-34(21-23-36)39-24-25-41-33-42(27-26-40(41)32-39)53-57-51(37-14-6-2-7-15-37)56-52(58-53)38-16-8-3-9-17-38/h1-33H. The second kappa shape index (κ2) is 14.0. The first kappa shape index (κ1) is 33.4. The monoisotopic (exact) mass is 739 g/mol. The lowest BCUT2D eigenvalue weighted by Crippen LogP contribution is -2.00. The minimum atomic E-state index is 0.643. The fourth-order valence-electron chi connectivity index (χ4n) is 7.96. The number of hydrogen-bond donors (Lipinski definition) is 0. The molecule has 0 saturated heterocycles. The van der Waals surface area contributed by atoms with Crippen molar-refractivity contribution in [2.45, 2.75) is 0 Å². The number of rotatable bonds is 6. The van der Waals surface area contributed by atoms with E-state index >= 15 is 0 Å². The van der Waals surface area contributed by atoms with Crippen LogP contribution in [0.5, 0.6) is 0 Å². The molecule has 0 bridgehead atoms. The van der Waals surface area contributed by atoms with E-state index in [2.05, 4.69) is 133 Å². The Labute approximate surface area is 335 Å². The van der Waals surface area contributed by atoms with Crippen LogP contribution in [0.25, 0.3) is 111 Å². The molecular formula is C53H33N5. The molecule has 5 nitrogen and oxygen atoms in total. The van der Waals surface area contributed by atoms with E-state index in [-0.39, 0.29) is 0 Å². The number of para-hydroxylation sites is 1. The average Bonchev–Trinajstić information content (AvgIpc) is 3.31. The van der Waals surface area contributed by atoms with E-state index in [1.807, 2.05) is 66.7 Å². The fourth-order valence-corrected chi connectivity index (χ4v) is 7.96. The maximum absolute atomic E-state index is 5.28. The largest absolute Gasteiger partial charge is 0.248 e. The molecule has 8 aromatic carbocycles. The second-order valence-electron chi connectivity index (χ2n) is 14.5. The number of aromatic nitrogens is 5. The van der Waals surface area contributed by atoms with Crippen LogP contribution in [0.15, 0.2) is 200 Å². The normalized spacial score (nSPS) is 11.4. The van der Waals surface area contributed by atoms with E-state index in [9.17, 15) is 0 Å². The van der Waals surface area contributed by atoms with Gasteiger partial charge in [0.25, 0.3) is 0 Å². The quantitative estimate of drug-likeness (QED) is 0.159. The number of benzene rings is 8. The van der Waals surface area contributed by atoms with Gasteiger partial charge in [0.05, 0.1) is 22.4 Å². The molecule has 0 saturated carbocycles. The van der Waals surface area contributed by atoms with Crippen LogP contribution >= 0.6 is 0 Å². The van der Waals surface area contributed by atoms with E-state index in [4.69, 9.17) is 24.9 Å². The molecule has 0 spiro atoms. The maximum Gasteiger partial charge on any atom is 0.164 e. The van der Waals surface area contributed by atoms with Crippen molar-refractivity contribution in [2.24, 2.45) is 0 Å². The van der Waals surface area contributed by atoms with Crippen molar-refractivity contribution in [3.8, 4) is 67.8 Å². The summed E-state index contributed by atoms with van der Waals surface area (Å²) in [6.45, 7) is 0. The zero-order chi connectivity index (χ0) is 38.4. The molecule has 0 unspecified atom stereocenters. The van der Waals surface area contributed by atoms with Crippen LogP contribution in [0.4, 0.5) is 0 Å². The Morgan fingerprint density at radius 2 is 0.759 bits per heavy atom. The van der Waals surface area contributed by atoms with Crippen molar-refractivity contribution in [1.29, 1.82) is 0 Å². The van der Waals surface area contributed by atoms with Crippen LogP contribution in [0.2, 0.25) is 0 Å². The molecule has 0 aliphatic heterocycles. The summed E-state index contributed by atoms with van der Waals surface area (Å²) in [4.78, 5) is 25.1. The van der Waals surface area contributed by atoms with Gasteiger partial charge in [0.1, 0.15) is 0 Å². The van der Waals surface area contributed by atoms with E-state index in [0.717, 1.165) is 88.3 Å². The first-order valence-corrected chi connectivity index (χ1v) is 19.4. The molecule has 0 aliphatic rings. The zero-order valence-corrected chi connectivity index (χ0v) is 31.3. The van der Waals surface area contributed by atoms with Crippen LogP contribution in [-0.4, -0.2) is 24.9 Å². The summed E-state index contributed by atoms with van der Waals surface area (Å²) in [6, 6.07) is 69.4. The summed E-state index contributed by atoms with van der Waals surface area (Å²) in [6.07, 6.45) is 0. The van der Waals surface area contributed by atoms with Crippen molar-refractivity contribution < 1.29 is 0 Å². The van der Waals surface area contributed by atoms with Gasteiger partial charge in [-0.15, -0.1) is 0 Å². The lowest BCUT2D eigenvalue weighted by molar-refractivity contribution is 1.07. The van der Waals surface area contributed by atoms with Gasteiger partial charge in [-0.05, 0) is 63.7 Å². The average molecular weight is 740 g/mol. The van der Waals surface area contributed by atoms with Crippen molar-refractivity contribution in [1.82, 2.24) is 24.9 Å². The van der Waals surface area contributed by atoms with Gasteiger partial charge in [0, 0.05) is 44.0 Å². The summed E-state index contributed by atoms with van der Waals surface area (Å²) >= 11 is 0. The molecule has 0 atom stereocenters. The van der Waals surface area contributed by atoms with Crippen molar-refractivity contribution in [2.75, 3.05) is 0 Å². The number of nitrogens with zero attached hydrogens (tertiary/aromatic N) is 5. The molecular weight excluding hydrogens is 707 g/mol. The maximum atomic E-state index is 5.28. The highest BCUT2D eigenvalue weighted by atomic mass is 15.0. The predicted octanol–water partition coefficient (Wildman–Crippen LogP) is 13.3. The summed E-state index contributed by atoms with van der Waals surface area (Å²) in [5.41, 5.74) is 11.1. The predicted molar refractivity (Wildman–Crippen MR) is 238 cm³/mol. The van der Waals surface area contributed by atoms with Gasteiger partial charge in [0.2, 0.25) is 0 Å². The lowest BCUT2D eigenvalue weighted by atomic mass is 9.94. The molecule has 0 amide bonds. The summed E-state index contributed by atoms with van der Waals surface area (Å²) in [5, 5.41) is 6.77. The first-order valence-electron chi connectivity index (χ1n) is 19.4. The van der Waals surface area contributed by atoms with E-state index in [0.29, 0.717) is 17.5 Å².